The summed E-state index contributed by atoms with van der Waals surface area (Å²) in [6, 6.07) is 7.42. The Labute approximate surface area is 243 Å². The predicted octanol–water partition coefficient (Wildman–Crippen LogP) is 2.18. The number of nitrogens with one attached hydrogen (secondary N) is 1. The number of aromatic nitrogens is 3. The Morgan fingerprint density at radius 3 is 2.90 bits per heavy atom. The van der Waals surface area contributed by atoms with Gasteiger partial charge in [0.1, 0.15) is 11.6 Å². The van der Waals surface area contributed by atoms with Crippen LogP contribution in [0.5, 0.6) is 11.5 Å². The normalized spacial score (nSPS) is 22.1. The molecule has 6 heterocycles. The lowest BCUT2D eigenvalue weighted by atomic mass is 9.73. The van der Waals surface area contributed by atoms with Crippen LogP contribution in [-0.4, -0.2) is 88.2 Å². The number of fused-ring (bicyclic) bond motifs is 9. The largest absolute Gasteiger partial charge is 0.490 e. The van der Waals surface area contributed by atoms with E-state index in [4.69, 9.17) is 14.0 Å². The summed E-state index contributed by atoms with van der Waals surface area (Å²) in [5.74, 6) is 2.15. The van der Waals surface area contributed by atoms with Crippen LogP contribution in [0.15, 0.2) is 41.2 Å². The molecule has 12 heteroatoms. The van der Waals surface area contributed by atoms with E-state index in [1.165, 1.54) is 4.90 Å². The Hall–Kier alpha value is -4.35. The van der Waals surface area contributed by atoms with Crippen molar-refractivity contribution in [3.8, 4) is 11.5 Å². The van der Waals surface area contributed by atoms with Gasteiger partial charge in [0.2, 0.25) is 11.8 Å². The number of hydrogen-bond donors (Lipinski definition) is 1. The summed E-state index contributed by atoms with van der Waals surface area (Å²) < 4.78 is 19.6. The maximum absolute atomic E-state index is 13.5. The number of nitrogens with zero attached hydrogens (tertiary/aromatic N) is 5. The molecule has 4 aliphatic heterocycles. The molecule has 4 aliphatic rings. The van der Waals surface area contributed by atoms with Crippen molar-refractivity contribution in [3.05, 3.63) is 59.5 Å². The first-order valence-corrected chi connectivity index (χ1v) is 14.5. The van der Waals surface area contributed by atoms with Gasteiger partial charge in [0.15, 0.2) is 17.2 Å². The summed E-state index contributed by atoms with van der Waals surface area (Å²) >= 11 is 0. The van der Waals surface area contributed by atoms with Crippen LogP contribution in [0, 0.1) is 12.3 Å². The molecule has 7 rings (SSSR count). The zero-order valence-electron chi connectivity index (χ0n) is 24.0. The van der Waals surface area contributed by atoms with Gasteiger partial charge in [-0.05, 0) is 19.4 Å². The van der Waals surface area contributed by atoms with Crippen molar-refractivity contribution < 1.29 is 28.4 Å². The van der Waals surface area contributed by atoms with Crippen LogP contribution in [0.25, 0.3) is 0 Å². The standard InChI is InChI=1S/C30H36N6O6/c1-3-25-31-9-12-34(25)11-8-27(38)36-15-22-21-6-4-7-24-28(21)41-19-30(22,18-36)17-32-26(37)16-35(10-5-13-40-24)29(39)23-14-20(2)42-33-23/h4,6-7,9,12,14,22H,3,5,8,10-11,13,15-19H2,1-2H3,(H,32,37)/t22-,30+/m0/s1. The fourth-order valence-corrected chi connectivity index (χ4v) is 6.31. The second kappa shape index (κ2) is 11.5. The second-order valence-corrected chi connectivity index (χ2v) is 11.3. The van der Waals surface area contributed by atoms with Crippen LogP contribution in [0.2, 0.25) is 0 Å². The molecule has 3 aromatic rings. The van der Waals surface area contributed by atoms with Gasteiger partial charge in [0.05, 0.1) is 19.8 Å². The molecule has 0 radical (unpaired) electrons. The quantitative estimate of drug-likeness (QED) is 0.489. The van der Waals surface area contributed by atoms with Gasteiger partial charge >= 0.3 is 0 Å². The van der Waals surface area contributed by atoms with E-state index in [1.54, 1.807) is 19.2 Å². The van der Waals surface area contributed by atoms with Gasteiger partial charge in [0.25, 0.3) is 5.91 Å². The third-order valence-electron chi connectivity index (χ3n) is 8.51. The van der Waals surface area contributed by atoms with Crippen molar-refractivity contribution in [1.29, 1.82) is 0 Å². The van der Waals surface area contributed by atoms with Crippen LogP contribution in [0.1, 0.15) is 53.3 Å². The maximum atomic E-state index is 13.5. The number of likely N-dealkylation sites (tertiary alicyclic amines) is 1. The Morgan fingerprint density at radius 1 is 1.21 bits per heavy atom. The maximum Gasteiger partial charge on any atom is 0.276 e. The van der Waals surface area contributed by atoms with E-state index >= 15 is 0 Å². The zero-order chi connectivity index (χ0) is 29.3. The number of imidazole rings is 1. The lowest BCUT2D eigenvalue weighted by Gasteiger charge is -2.40. The van der Waals surface area contributed by atoms with E-state index in [1.807, 2.05) is 40.8 Å². The van der Waals surface area contributed by atoms with Gasteiger partial charge in [0, 0.05) is 80.9 Å². The van der Waals surface area contributed by atoms with Crippen molar-refractivity contribution in [2.24, 2.45) is 5.41 Å². The number of carbonyl (C=O) groups excluding carboxylic acids is 3. The minimum Gasteiger partial charge on any atom is -0.490 e. The lowest BCUT2D eigenvalue weighted by Crippen LogP contribution is -2.50. The molecule has 2 atom stereocenters. The summed E-state index contributed by atoms with van der Waals surface area (Å²) in [4.78, 5) is 47.6. The highest BCUT2D eigenvalue weighted by molar-refractivity contribution is 5.95. The first kappa shape index (κ1) is 27.8. The van der Waals surface area contributed by atoms with Crippen molar-refractivity contribution in [1.82, 2.24) is 29.8 Å². The number of hydrogen-bond acceptors (Lipinski definition) is 8. The van der Waals surface area contributed by atoms with Gasteiger partial charge in [-0.15, -0.1) is 0 Å². The summed E-state index contributed by atoms with van der Waals surface area (Å²) in [6.07, 6.45) is 5.33. The topological polar surface area (TPSA) is 132 Å². The molecule has 1 saturated heterocycles. The van der Waals surface area contributed by atoms with Gasteiger partial charge < -0.3 is 33.7 Å². The number of amides is 3. The monoisotopic (exact) mass is 576 g/mol. The van der Waals surface area contributed by atoms with E-state index in [2.05, 4.69) is 15.5 Å². The van der Waals surface area contributed by atoms with Gasteiger partial charge in [-0.2, -0.15) is 0 Å². The molecule has 1 aromatic carbocycles. The summed E-state index contributed by atoms with van der Waals surface area (Å²) in [5, 5.41) is 6.91. The van der Waals surface area contributed by atoms with Crippen molar-refractivity contribution in [2.45, 2.75) is 45.6 Å². The number of benzene rings is 1. The zero-order valence-corrected chi connectivity index (χ0v) is 24.0. The Kier molecular flexibility index (Phi) is 7.61. The molecule has 0 aliphatic carbocycles. The average Bonchev–Trinajstić information content (AvgIpc) is 3.74. The molecule has 0 saturated carbocycles. The predicted molar refractivity (Wildman–Crippen MR) is 150 cm³/mol. The van der Waals surface area contributed by atoms with E-state index in [0.29, 0.717) is 76.0 Å². The highest BCUT2D eigenvalue weighted by Crippen LogP contribution is 2.52. The van der Waals surface area contributed by atoms with E-state index in [9.17, 15) is 14.4 Å². The summed E-state index contributed by atoms with van der Waals surface area (Å²) in [5.41, 5.74) is 0.624. The van der Waals surface area contributed by atoms with Crippen molar-refractivity contribution in [3.63, 3.8) is 0 Å². The number of ether oxygens (including phenoxy) is 2. The summed E-state index contributed by atoms with van der Waals surface area (Å²) in [7, 11) is 0. The van der Waals surface area contributed by atoms with Crippen LogP contribution >= 0.6 is 0 Å². The first-order chi connectivity index (χ1) is 20.4. The minimum absolute atomic E-state index is 0.0488. The number of aryl methyl sites for hydroxylation is 3. The molecule has 2 aromatic heterocycles. The van der Waals surface area contributed by atoms with Crippen molar-refractivity contribution in [2.75, 3.05) is 45.9 Å². The third kappa shape index (κ3) is 5.33. The molecule has 0 unspecified atom stereocenters. The van der Waals surface area contributed by atoms with Crippen molar-refractivity contribution >= 4 is 17.7 Å². The average molecular weight is 577 g/mol. The van der Waals surface area contributed by atoms with E-state index < -0.39 is 5.41 Å². The smallest absolute Gasteiger partial charge is 0.276 e. The van der Waals surface area contributed by atoms with Gasteiger partial charge in [-0.1, -0.05) is 24.2 Å². The number of rotatable bonds is 5. The minimum atomic E-state index is -0.525. The van der Waals surface area contributed by atoms with Gasteiger partial charge in [-0.25, -0.2) is 4.98 Å². The molecule has 4 bridgehead atoms. The third-order valence-corrected chi connectivity index (χ3v) is 8.51. The fraction of sp³-hybridized carbons (Fsp3) is 0.500. The van der Waals surface area contributed by atoms with Gasteiger partial charge in [-0.3, -0.25) is 14.4 Å². The first-order valence-electron chi connectivity index (χ1n) is 14.5. The summed E-state index contributed by atoms with van der Waals surface area (Å²) in [6.45, 7) is 6.44. The molecular weight excluding hydrogens is 540 g/mol. The molecule has 12 nitrogen and oxygen atoms in total. The highest BCUT2D eigenvalue weighted by Gasteiger charge is 2.53. The fourth-order valence-electron chi connectivity index (χ4n) is 6.31. The molecule has 3 amide bonds. The number of carbonyl (C=O) groups is 3. The lowest BCUT2D eigenvalue weighted by molar-refractivity contribution is -0.130. The Balaban J connectivity index is 1.24. The SMILES string of the molecule is CCc1nccn1CCC(=O)N1C[C@H]2c3cccc4c3OC[C@@]2(CNC(=O)CN(C(=O)c2cc(C)on2)CCCO4)C1. The molecule has 222 valence electrons. The van der Waals surface area contributed by atoms with Crippen LogP contribution in [0.4, 0.5) is 0 Å². The molecule has 42 heavy (non-hydrogen) atoms. The van der Waals surface area contributed by atoms with Crippen LogP contribution < -0.4 is 14.8 Å². The molecular formula is C30H36N6O6. The van der Waals surface area contributed by atoms with Crippen LogP contribution in [-0.2, 0) is 22.6 Å². The molecule has 1 spiro atoms. The Morgan fingerprint density at radius 2 is 2.10 bits per heavy atom. The van der Waals surface area contributed by atoms with E-state index in [0.717, 1.165) is 17.8 Å². The second-order valence-electron chi connectivity index (χ2n) is 11.3. The molecule has 1 fully saturated rings. The van der Waals surface area contributed by atoms with E-state index in [-0.39, 0.29) is 35.9 Å². The highest BCUT2D eigenvalue weighted by atomic mass is 16.5. The molecule has 1 N–H and O–H groups in total. The van der Waals surface area contributed by atoms with Crippen LogP contribution in [0.3, 0.4) is 0 Å². The Bertz CT molecular complexity index is 1480. The number of para-hydroxylation sites is 1.